The standard InChI is InChI=1S/C18H28FN5O12P2S2/c19-5(2-25)9-13(26)14(27)10-17(34-18(9,10)28)35-37(29,30)36-38(31,40)32-3-8-6(20)1-7(33-8)15(39)12-11(21)16(22)24-4-23-12/h4-10,13-14,17,21,25-28,39H,1-3,20H2,(H,29,30)(H,31,40)(H2,22,23,24)/b15-12+,21-11?/t5-,6-,7+,8+,9?,10?,13?,14?,17?,18?,38?/m0/s1. The van der Waals surface area contributed by atoms with Crippen LogP contribution in [-0.2, 0) is 32.0 Å². The van der Waals surface area contributed by atoms with E-state index in [2.05, 4.69) is 39.2 Å². The molecule has 2 saturated heterocycles. The number of fused-ring (bicyclic) bond motifs is 1. The Bertz CT molecular complexity index is 1230. The molecule has 0 aromatic carbocycles. The van der Waals surface area contributed by atoms with Gasteiger partial charge in [0.05, 0.1) is 49.5 Å². The second-order valence-corrected chi connectivity index (χ2v) is 14.3. The molecular weight excluding hydrogens is 623 g/mol. The van der Waals surface area contributed by atoms with E-state index >= 15 is 0 Å². The van der Waals surface area contributed by atoms with Crippen LogP contribution in [0.25, 0.3) is 0 Å². The van der Waals surface area contributed by atoms with E-state index in [1.54, 1.807) is 0 Å². The predicted octanol–water partition coefficient (Wildman–Crippen LogP) is -1.44. The minimum Gasteiger partial charge on any atom is -0.393 e. The van der Waals surface area contributed by atoms with Crippen LogP contribution < -0.4 is 11.5 Å². The van der Waals surface area contributed by atoms with Crippen LogP contribution in [0.3, 0.4) is 0 Å². The lowest BCUT2D eigenvalue weighted by Crippen LogP contribution is -2.64. The van der Waals surface area contributed by atoms with E-state index in [4.69, 9.17) is 40.5 Å². The van der Waals surface area contributed by atoms with Crippen molar-refractivity contribution in [3.8, 4) is 0 Å². The van der Waals surface area contributed by atoms with E-state index in [9.17, 15) is 33.7 Å². The molecule has 3 heterocycles. The molecule has 226 valence electrons. The monoisotopic (exact) mass is 651 g/mol. The number of aliphatic hydroxyl groups excluding tert-OH is 3. The Balaban J connectivity index is 1.33. The van der Waals surface area contributed by atoms with Crippen molar-refractivity contribution in [2.45, 2.75) is 55.1 Å². The second kappa shape index (κ2) is 11.7. The highest BCUT2D eigenvalue weighted by atomic mass is 32.7. The Morgan fingerprint density at radius 3 is 2.70 bits per heavy atom. The average Bonchev–Trinajstić information content (AvgIpc) is 3.29. The van der Waals surface area contributed by atoms with Crippen LogP contribution in [0, 0.1) is 17.2 Å². The van der Waals surface area contributed by atoms with Gasteiger partial charge in [0.2, 0.25) is 0 Å². The number of alkyl halides is 1. The topological polar surface area (TPSA) is 282 Å². The lowest BCUT2D eigenvalue weighted by molar-refractivity contribution is -0.426. The zero-order valence-corrected chi connectivity index (χ0v) is 23.8. The van der Waals surface area contributed by atoms with Crippen LogP contribution >= 0.6 is 39.5 Å². The summed E-state index contributed by atoms with van der Waals surface area (Å²) in [6.45, 7) is -6.29. The fourth-order valence-electron chi connectivity index (χ4n) is 4.83. The number of amidine groups is 1. The number of nitrogens with zero attached hydrogens (tertiary/aromatic N) is 2. The van der Waals surface area contributed by atoms with E-state index in [0.717, 1.165) is 6.34 Å². The van der Waals surface area contributed by atoms with Gasteiger partial charge in [0.15, 0.2) is 17.9 Å². The van der Waals surface area contributed by atoms with Gasteiger partial charge < -0.3 is 46.3 Å². The van der Waals surface area contributed by atoms with Crippen LogP contribution in [0.4, 0.5) is 4.39 Å². The number of halogens is 1. The summed E-state index contributed by atoms with van der Waals surface area (Å²) in [6, 6.07) is -0.700. The van der Waals surface area contributed by atoms with E-state index in [0.29, 0.717) is 0 Å². The molecule has 12 atom stereocenters. The van der Waals surface area contributed by atoms with Crippen LogP contribution in [0.1, 0.15) is 6.42 Å². The van der Waals surface area contributed by atoms with Crippen molar-refractivity contribution in [3.05, 3.63) is 10.6 Å². The number of aliphatic hydroxyl groups is 4. The molecule has 17 nitrogen and oxygen atoms in total. The maximum atomic E-state index is 14.0. The molecule has 40 heavy (non-hydrogen) atoms. The third-order valence-corrected chi connectivity index (χ3v) is 10.9. The summed E-state index contributed by atoms with van der Waals surface area (Å²) in [6.07, 6.45) is -8.22. The summed E-state index contributed by atoms with van der Waals surface area (Å²) < 4.78 is 64.2. The van der Waals surface area contributed by atoms with E-state index in [1.807, 2.05) is 0 Å². The number of hydrogen-bond acceptors (Lipinski definition) is 17. The van der Waals surface area contributed by atoms with Crippen LogP contribution in [-0.4, -0.2) is 105 Å². The normalized spacial score (nSPS) is 42.4. The molecule has 1 saturated carbocycles. The maximum Gasteiger partial charge on any atom is 0.482 e. The van der Waals surface area contributed by atoms with Gasteiger partial charge in [0.25, 0.3) is 0 Å². The van der Waals surface area contributed by atoms with Gasteiger partial charge >= 0.3 is 14.6 Å². The fourth-order valence-corrected chi connectivity index (χ4v) is 8.36. The first-order valence-corrected chi connectivity index (χ1v) is 16.2. The number of rotatable bonds is 10. The molecule has 3 fully saturated rings. The zero-order chi connectivity index (χ0) is 29.8. The molecule has 4 aliphatic rings. The van der Waals surface area contributed by atoms with Crippen molar-refractivity contribution in [1.29, 1.82) is 5.41 Å². The number of hydrogen-bond donors (Lipinski definition) is 10. The predicted molar refractivity (Wildman–Crippen MR) is 140 cm³/mol. The maximum absolute atomic E-state index is 14.0. The largest absolute Gasteiger partial charge is 0.482 e. The Morgan fingerprint density at radius 2 is 2.05 bits per heavy atom. The minimum atomic E-state index is -5.34. The summed E-state index contributed by atoms with van der Waals surface area (Å²) in [5.41, 5.74) is 11.6. The third-order valence-electron chi connectivity index (χ3n) is 6.78. The molecule has 0 aromatic rings. The SMILES string of the molecule is N=C1C(N)=NC=N/C1=C(/S)[C@H]1C[C@H](N)[C@@H](COP(=O)(S)OP(=O)(O)OC2OC3(O)C2C(O)C(O)C3[C@@H](F)CO)O1. The van der Waals surface area contributed by atoms with Crippen molar-refractivity contribution in [2.24, 2.45) is 33.3 Å². The number of thiol groups is 2. The number of nitrogens with two attached hydrogens (primary N) is 2. The van der Waals surface area contributed by atoms with Gasteiger partial charge in [-0.2, -0.15) is 4.31 Å². The molecule has 0 amide bonds. The van der Waals surface area contributed by atoms with Gasteiger partial charge in [0, 0.05) is 10.9 Å². The Hall–Kier alpha value is -0.800. The highest BCUT2D eigenvalue weighted by molar-refractivity contribution is 8.45. The molecule has 4 rings (SSSR count). The molecule has 3 aliphatic heterocycles. The first-order chi connectivity index (χ1) is 18.5. The van der Waals surface area contributed by atoms with E-state index < -0.39 is 88.4 Å². The first-order valence-electron chi connectivity index (χ1n) is 11.5. The molecule has 1 aliphatic carbocycles. The number of ether oxygens (including phenoxy) is 2. The van der Waals surface area contributed by atoms with Crippen molar-refractivity contribution in [3.63, 3.8) is 0 Å². The minimum absolute atomic E-state index is 0.0743. The molecule has 0 spiro atoms. The summed E-state index contributed by atoms with van der Waals surface area (Å²) in [4.78, 5) is 18.0. The lowest BCUT2D eigenvalue weighted by atomic mass is 9.87. The summed E-state index contributed by atoms with van der Waals surface area (Å²) in [5.74, 6) is -6.01. The second-order valence-electron chi connectivity index (χ2n) is 9.32. The Morgan fingerprint density at radius 1 is 1.38 bits per heavy atom. The van der Waals surface area contributed by atoms with Gasteiger partial charge in [-0.25, -0.2) is 23.5 Å². The fraction of sp³-hybridized carbons (Fsp3) is 0.722. The van der Waals surface area contributed by atoms with Gasteiger partial charge in [-0.15, -0.1) is 12.6 Å². The first kappa shape index (κ1) is 32.1. The Labute approximate surface area is 236 Å². The van der Waals surface area contributed by atoms with Gasteiger partial charge in [0.1, 0.15) is 23.9 Å². The Kier molecular flexibility index (Phi) is 9.40. The van der Waals surface area contributed by atoms with Crippen LogP contribution in [0.5, 0.6) is 0 Å². The number of phosphoric acid groups is 1. The molecule has 0 bridgehead atoms. The zero-order valence-electron chi connectivity index (χ0n) is 20.2. The van der Waals surface area contributed by atoms with E-state index in [1.165, 1.54) is 0 Å². The molecular formula is C18H28FN5O12P2S2. The van der Waals surface area contributed by atoms with Crippen molar-refractivity contribution in [1.82, 2.24) is 0 Å². The van der Waals surface area contributed by atoms with Crippen LogP contribution in [0.2, 0.25) is 0 Å². The summed E-state index contributed by atoms with van der Waals surface area (Å²) in [7, 11) is -5.34. The lowest BCUT2D eigenvalue weighted by Gasteiger charge is -2.49. The third kappa shape index (κ3) is 6.13. The van der Waals surface area contributed by atoms with Gasteiger partial charge in [-0.3, -0.25) is 14.5 Å². The molecule has 22 heteroatoms. The molecule has 8 unspecified atom stereocenters. The summed E-state index contributed by atoms with van der Waals surface area (Å²) >= 11 is 8.00. The van der Waals surface area contributed by atoms with E-state index in [-0.39, 0.29) is 28.6 Å². The quantitative estimate of drug-likeness (QED) is 0.0957. The summed E-state index contributed by atoms with van der Waals surface area (Å²) in [5, 5.41) is 47.7. The van der Waals surface area contributed by atoms with Crippen molar-refractivity contribution < 1.29 is 61.7 Å². The van der Waals surface area contributed by atoms with Crippen molar-refractivity contribution >= 4 is 57.4 Å². The number of aliphatic imine (C=N–C) groups is 2. The molecule has 10 N–H and O–H groups in total. The number of phosphoric ester groups is 1. The highest BCUT2D eigenvalue weighted by Gasteiger charge is 2.73. The average molecular weight is 652 g/mol. The smallest absolute Gasteiger partial charge is 0.393 e. The van der Waals surface area contributed by atoms with Crippen LogP contribution in [0.15, 0.2) is 20.6 Å². The highest BCUT2D eigenvalue weighted by Crippen LogP contribution is 2.68. The number of nitrogens with one attached hydrogen (secondary N) is 1. The van der Waals surface area contributed by atoms with Gasteiger partial charge in [-0.1, -0.05) is 12.2 Å². The molecule has 0 radical (unpaired) electrons. The van der Waals surface area contributed by atoms with Gasteiger partial charge in [-0.05, 0) is 6.42 Å². The van der Waals surface area contributed by atoms with Crippen molar-refractivity contribution in [2.75, 3.05) is 13.2 Å². The molecule has 0 aromatic heterocycles.